The minimum atomic E-state index is -0.666. The minimum Gasteiger partial charge on any atom is -0.466 e. The van der Waals surface area contributed by atoms with Crippen molar-refractivity contribution >= 4 is 11.9 Å². The average Bonchev–Trinajstić information content (AvgIpc) is 3.47. The van der Waals surface area contributed by atoms with Crippen LogP contribution in [0.15, 0.2) is 36.5 Å². The zero-order valence-electron chi connectivity index (χ0n) is 54.8. The Morgan fingerprint density at radius 2 is 0.617 bits per heavy atom. The molecule has 2 atom stereocenters. The van der Waals surface area contributed by atoms with Gasteiger partial charge in [-0.3, -0.25) is 9.59 Å². The van der Waals surface area contributed by atoms with Gasteiger partial charge in [-0.1, -0.05) is 346 Å². The van der Waals surface area contributed by atoms with Crippen molar-refractivity contribution in [1.82, 2.24) is 5.32 Å². The molecule has 0 fully saturated rings. The van der Waals surface area contributed by atoms with E-state index in [0.717, 1.165) is 51.4 Å². The third-order valence-corrected chi connectivity index (χ3v) is 17.2. The molecule has 0 heterocycles. The van der Waals surface area contributed by atoms with Gasteiger partial charge in [0.1, 0.15) is 0 Å². The Morgan fingerprint density at radius 3 is 0.951 bits per heavy atom. The van der Waals surface area contributed by atoms with E-state index in [1.807, 2.05) is 0 Å². The van der Waals surface area contributed by atoms with Crippen LogP contribution in [-0.2, 0) is 14.3 Å². The van der Waals surface area contributed by atoms with Crippen molar-refractivity contribution in [2.45, 2.75) is 418 Å². The van der Waals surface area contributed by atoms with E-state index >= 15 is 0 Å². The average molecular weight is 1140 g/mol. The Hall–Kier alpha value is -1.92. The molecule has 6 nitrogen and oxygen atoms in total. The molecule has 0 saturated carbocycles. The van der Waals surface area contributed by atoms with Gasteiger partial charge in [-0.05, 0) is 83.5 Å². The molecule has 0 aromatic heterocycles. The fourth-order valence-corrected chi connectivity index (χ4v) is 11.6. The number of aliphatic hydroxyl groups excluding tert-OH is 2. The van der Waals surface area contributed by atoms with E-state index in [-0.39, 0.29) is 18.5 Å². The molecule has 0 aliphatic rings. The fourth-order valence-electron chi connectivity index (χ4n) is 11.6. The van der Waals surface area contributed by atoms with E-state index < -0.39 is 12.1 Å². The monoisotopic (exact) mass is 1140 g/mol. The number of ether oxygens (including phenoxy) is 1. The smallest absolute Gasteiger partial charge is 0.305 e. The zero-order valence-corrected chi connectivity index (χ0v) is 54.8. The van der Waals surface area contributed by atoms with Crippen molar-refractivity contribution in [3.8, 4) is 0 Å². The molecule has 2 unspecified atom stereocenters. The lowest BCUT2D eigenvalue weighted by Crippen LogP contribution is -2.45. The lowest BCUT2D eigenvalue weighted by atomic mass is 10.0. The highest BCUT2D eigenvalue weighted by molar-refractivity contribution is 5.76. The minimum absolute atomic E-state index is 0.00400. The highest BCUT2D eigenvalue weighted by Gasteiger charge is 2.20. The molecule has 1 amide bonds. The van der Waals surface area contributed by atoms with E-state index in [4.69, 9.17) is 4.74 Å². The highest BCUT2D eigenvalue weighted by atomic mass is 16.5. The number of hydrogen-bond acceptors (Lipinski definition) is 5. The lowest BCUT2D eigenvalue weighted by Gasteiger charge is -2.22. The summed E-state index contributed by atoms with van der Waals surface area (Å²) in [5, 5.41) is 23.4. The second kappa shape index (κ2) is 70.6. The number of rotatable bonds is 69. The number of hydrogen-bond donors (Lipinski definition) is 3. The maximum absolute atomic E-state index is 12.6. The lowest BCUT2D eigenvalue weighted by molar-refractivity contribution is -0.143. The predicted molar refractivity (Wildman–Crippen MR) is 356 cm³/mol. The summed E-state index contributed by atoms with van der Waals surface area (Å²) in [6, 6.07) is -0.544. The molecule has 0 saturated heterocycles. The summed E-state index contributed by atoms with van der Waals surface area (Å²) >= 11 is 0. The molecule has 0 aliphatic heterocycles. The first-order chi connectivity index (χ1) is 40.0. The largest absolute Gasteiger partial charge is 0.466 e. The molecule has 478 valence electrons. The van der Waals surface area contributed by atoms with Crippen LogP contribution in [0.5, 0.6) is 0 Å². The van der Waals surface area contributed by atoms with Crippen molar-refractivity contribution in [3.05, 3.63) is 36.5 Å². The van der Waals surface area contributed by atoms with Crippen molar-refractivity contribution in [2.75, 3.05) is 13.2 Å². The van der Waals surface area contributed by atoms with Crippen LogP contribution in [0, 0.1) is 0 Å². The maximum Gasteiger partial charge on any atom is 0.305 e. The van der Waals surface area contributed by atoms with Crippen LogP contribution < -0.4 is 5.32 Å². The zero-order chi connectivity index (χ0) is 58.5. The Kier molecular flexibility index (Phi) is 68.9. The molecule has 0 bridgehead atoms. The molecule has 81 heavy (non-hydrogen) atoms. The van der Waals surface area contributed by atoms with Gasteiger partial charge in [0.15, 0.2) is 0 Å². The first-order valence-corrected chi connectivity index (χ1v) is 36.7. The van der Waals surface area contributed by atoms with Crippen LogP contribution in [0.2, 0.25) is 0 Å². The molecule has 0 rings (SSSR count). The number of carbonyl (C=O) groups is 2. The van der Waals surface area contributed by atoms with Gasteiger partial charge in [0.05, 0.1) is 25.4 Å². The van der Waals surface area contributed by atoms with Crippen molar-refractivity contribution in [2.24, 2.45) is 0 Å². The van der Waals surface area contributed by atoms with Gasteiger partial charge < -0.3 is 20.3 Å². The summed E-state index contributed by atoms with van der Waals surface area (Å²) in [6.07, 6.45) is 90.6. The normalized spacial score (nSPS) is 12.7. The predicted octanol–water partition coefficient (Wildman–Crippen LogP) is 23.9. The van der Waals surface area contributed by atoms with Crippen molar-refractivity contribution < 1.29 is 24.5 Å². The summed E-state index contributed by atoms with van der Waals surface area (Å²) in [6.45, 7) is 4.97. The molecule has 6 heteroatoms. The summed E-state index contributed by atoms with van der Waals surface area (Å²) in [5.74, 6) is -0.0278. The van der Waals surface area contributed by atoms with Gasteiger partial charge in [0.2, 0.25) is 5.91 Å². The van der Waals surface area contributed by atoms with E-state index in [9.17, 15) is 19.8 Å². The van der Waals surface area contributed by atoms with E-state index in [2.05, 4.69) is 55.6 Å². The number of amides is 1. The molecule has 0 aliphatic carbocycles. The quantitative estimate of drug-likeness (QED) is 0.0320. The standard InChI is InChI=1S/C75H143NO5/c1-3-5-7-9-11-13-15-17-19-20-21-31-34-37-40-43-47-51-55-59-63-67-73(78)72(71-77)76-74(79)68-64-60-56-52-48-44-41-38-35-32-29-27-25-23-22-24-26-28-30-33-36-39-42-46-50-54-58-62-66-70-81-75(80)69-65-61-57-53-49-45-18-16-14-12-10-8-6-4-2/h16,18,22,24,28,30,72-73,77-78H,3-15,17,19-21,23,25-27,29,31-71H2,1-2H3,(H,76,79)/b18-16-,24-22-,30-28-. The summed E-state index contributed by atoms with van der Waals surface area (Å²) in [4.78, 5) is 24.6. The Balaban J connectivity index is 3.41. The van der Waals surface area contributed by atoms with Crippen molar-refractivity contribution in [3.63, 3.8) is 0 Å². The van der Waals surface area contributed by atoms with Gasteiger partial charge in [-0.2, -0.15) is 0 Å². The number of nitrogens with one attached hydrogen (secondary N) is 1. The topological polar surface area (TPSA) is 95.9 Å². The van der Waals surface area contributed by atoms with E-state index in [0.29, 0.717) is 25.9 Å². The van der Waals surface area contributed by atoms with Gasteiger partial charge in [0, 0.05) is 12.8 Å². The number of esters is 1. The number of aliphatic hydroxyl groups is 2. The Bertz CT molecular complexity index is 1310. The second-order valence-electron chi connectivity index (χ2n) is 25.3. The number of carbonyl (C=O) groups excluding carboxylic acids is 2. The summed E-state index contributed by atoms with van der Waals surface area (Å²) in [5.41, 5.74) is 0. The van der Waals surface area contributed by atoms with Crippen LogP contribution in [0.3, 0.4) is 0 Å². The summed E-state index contributed by atoms with van der Waals surface area (Å²) < 4.78 is 5.48. The Morgan fingerprint density at radius 1 is 0.346 bits per heavy atom. The molecule has 0 spiro atoms. The molecule has 0 aromatic rings. The summed E-state index contributed by atoms with van der Waals surface area (Å²) in [7, 11) is 0. The maximum atomic E-state index is 12.6. The fraction of sp³-hybridized carbons (Fsp3) is 0.893. The third kappa shape index (κ3) is 67.1. The van der Waals surface area contributed by atoms with Gasteiger partial charge in [-0.25, -0.2) is 0 Å². The van der Waals surface area contributed by atoms with Gasteiger partial charge in [0.25, 0.3) is 0 Å². The van der Waals surface area contributed by atoms with Gasteiger partial charge in [-0.15, -0.1) is 0 Å². The molecule has 3 N–H and O–H groups in total. The number of allylic oxidation sites excluding steroid dienone is 6. The van der Waals surface area contributed by atoms with Crippen LogP contribution in [0.1, 0.15) is 406 Å². The van der Waals surface area contributed by atoms with Crippen LogP contribution >= 0.6 is 0 Å². The number of unbranched alkanes of at least 4 members (excludes halogenated alkanes) is 52. The highest BCUT2D eigenvalue weighted by Crippen LogP contribution is 2.19. The first kappa shape index (κ1) is 79.1. The Labute approximate surface area is 506 Å². The van der Waals surface area contributed by atoms with E-state index in [1.54, 1.807) is 0 Å². The van der Waals surface area contributed by atoms with Crippen molar-refractivity contribution in [1.29, 1.82) is 0 Å². The van der Waals surface area contributed by atoms with Crippen LogP contribution in [-0.4, -0.2) is 47.4 Å². The second-order valence-corrected chi connectivity index (χ2v) is 25.3. The molecule has 0 radical (unpaired) electrons. The van der Waals surface area contributed by atoms with Crippen LogP contribution in [0.25, 0.3) is 0 Å². The van der Waals surface area contributed by atoms with E-state index in [1.165, 1.54) is 321 Å². The molecular weight excluding hydrogens is 995 g/mol. The molecule has 0 aromatic carbocycles. The first-order valence-electron chi connectivity index (χ1n) is 36.7. The van der Waals surface area contributed by atoms with Gasteiger partial charge >= 0.3 is 5.97 Å². The van der Waals surface area contributed by atoms with Crippen LogP contribution in [0.4, 0.5) is 0 Å². The molecular formula is C75H143NO5. The third-order valence-electron chi connectivity index (χ3n) is 17.2. The SMILES string of the molecule is CCCCCCC/C=C\CCCCCCCC(=O)OCCCCCCCCCCC/C=C\C/C=C\CCCCCCCCCCCCCCCC(=O)NC(CO)C(O)CCCCCCCCCCCCCCCCCCCCCCC.